The Hall–Kier alpha value is -1.46. The zero-order chi connectivity index (χ0) is 33.9. The van der Waals surface area contributed by atoms with Crippen molar-refractivity contribution < 1.29 is 59.9 Å². The molecule has 2 heterocycles. The van der Waals surface area contributed by atoms with Crippen LogP contribution in [0.3, 0.4) is 0 Å². The lowest BCUT2D eigenvalue weighted by atomic mass is 9.97. The number of hydrogen-bond acceptors (Lipinski definition) is 12. The van der Waals surface area contributed by atoms with Crippen LogP contribution in [0.15, 0.2) is 0 Å². The standard InChI is InChI=1S/C32H60N2O12/c35-19-21-27(39)29(41)25(31(43)45-21)33-23(37)17-15-13-11-9-7-5-3-1-2-4-6-8-10-12-14-16-18-24(38)34-26-30(42)28(40)22(20-36)46-32(26)44/h21-22,25-32,35-36,39-44H,1-20H2,(H,33,37)(H,34,38)/t21-,22-,25-,26-,27-,28-,29-,30-,31+,32+/m1/s1. The minimum atomic E-state index is -1.50. The van der Waals surface area contributed by atoms with Crippen molar-refractivity contribution in [3.05, 3.63) is 0 Å². The summed E-state index contributed by atoms with van der Waals surface area (Å²) in [6.45, 7) is -1.09. The number of carbonyl (C=O) groups is 2. The fourth-order valence-electron chi connectivity index (χ4n) is 6.07. The van der Waals surface area contributed by atoms with Crippen LogP contribution in [0.25, 0.3) is 0 Å². The average Bonchev–Trinajstić information content (AvgIpc) is 3.04. The van der Waals surface area contributed by atoms with Crippen molar-refractivity contribution in [1.29, 1.82) is 0 Å². The van der Waals surface area contributed by atoms with Gasteiger partial charge >= 0.3 is 0 Å². The van der Waals surface area contributed by atoms with Crippen molar-refractivity contribution >= 4 is 11.8 Å². The van der Waals surface area contributed by atoms with Gasteiger partial charge in [0.2, 0.25) is 11.8 Å². The van der Waals surface area contributed by atoms with Gasteiger partial charge in [0.05, 0.1) is 13.2 Å². The molecule has 0 aromatic rings. The minimum absolute atomic E-state index is 0.265. The third-order valence-corrected chi connectivity index (χ3v) is 9.01. The molecule has 0 radical (unpaired) electrons. The summed E-state index contributed by atoms with van der Waals surface area (Å²) < 4.78 is 10.1. The maximum atomic E-state index is 12.2. The maximum absolute atomic E-state index is 12.2. The van der Waals surface area contributed by atoms with Crippen LogP contribution in [0.1, 0.15) is 116 Å². The van der Waals surface area contributed by atoms with E-state index in [9.17, 15) is 40.2 Å². The van der Waals surface area contributed by atoms with E-state index in [1.54, 1.807) is 0 Å². The van der Waals surface area contributed by atoms with Crippen LogP contribution >= 0.6 is 0 Å². The largest absolute Gasteiger partial charge is 0.394 e. The van der Waals surface area contributed by atoms with Crippen LogP contribution < -0.4 is 10.6 Å². The fraction of sp³-hybridized carbons (Fsp3) is 0.938. The molecule has 46 heavy (non-hydrogen) atoms. The van der Waals surface area contributed by atoms with Gasteiger partial charge in [-0.3, -0.25) is 9.59 Å². The van der Waals surface area contributed by atoms with E-state index in [4.69, 9.17) is 19.7 Å². The molecular weight excluding hydrogens is 604 g/mol. The van der Waals surface area contributed by atoms with Crippen molar-refractivity contribution in [2.45, 2.75) is 177 Å². The van der Waals surface area contributed by atoms with E-state index in [2.05, 4.69) is 10.6 Å². The van der Waals surface area contributed by atoms with Gasteiger partial charge in [0, 0.05) is 12.8 Å². The van der Waals surface area contributed by atoms with Gasteiger partial charge in [-0.1, -0.05) is 89.9 Å². The van der Waals surface area contributed by atoms with E-state index in [0.29, 0.717) is 12.8 Å². The van der Waals surface area contributed by atoms with Crippen LogP contribution in [0.2, 0.25) is 0 Å². The number of aliphatic hydroxyl groups is 8. The first-order valence-corrected chi connectivity index (χ1v) is 17.3. The molecule has 0 saturated carbocycles. The van der Waals surface area contributed by atoms with Crippen molar-refractivity contribution in [3.8, 4) is 0 Å². The highest BCUT2D eigenvalue weighted by Crippen LogP contribution is 2.21. The van der Waals surface area contributed by atoms with Gasteiger partial charge in [-0.05, 0) is 12.8 Å². The van der Waals surface area contributed by atoms with Gasteiger partial charge in [-0.15, -0.1) is 0 Å². The Kier molecular flexibility index (Phi) is 20.3. The summed E-state index contributed by atoms with van der Waals surface area (Å²) in [6, 6.07) is -2.28. The molecule has 0 unspecified atom stereocenters. The lowest BCUT2D eigenvalue weighted by Crippen LogP contribution is -2.64. The van der Waals surface area contributed by atoms with Gasteiger partial charge in [0.1, 0.15) is 48.7 Å². The molecule has 0 aromatic heterocycles. The number of aliphatic hydroxyl groups excluding tert-OH is 8. The van der Waals surface area contributed by atoms with Crippen molar-refractivity contribution in [2.75, 3.05) is 13.2 Å². The molecule has 0 spiro atoms. The molecule has 0 bridgehead atoms. The lowest BCUT2D eigenvalue weighted by Gasteiger charge is -2.40. The zero-order valence-corrected chi connectivity index (χ0v) is 27.1. The Labute approximate surface area is 272 Å². The highest BCUT2D eigenvalue weighted by molar-refractivity contribution is 5.76. The molecule has 10 atom stereocenters. The molecule has 2 rings (SSSR count). The second-order valence-corrected chi connectivity index (χ2v) is 12.8. The molecule has 2 saturated heterocycles. The molecule has 270 valence electrons. The SMILES string of the molecule is O=C(CCCCCCCCCCCCCCCCCCC(=O)N[C@@H]1[C@@H](O)[C@H](O)[C@@H](CO)O[C@@H]1O)N[C@@H]1[C@@H](O)[C@H](O)[C@@H](CO)O[C@@H]1O. The van der Waals surface area contributed by atoms with E-state index in [0.717, 1.165) is 38.5 Å². The normalized spacial score (nSPS) is 31.5. The number of unbranched alkanes of at least 4 members (excludes halogenated alkanes) is 15. The molecule has 10 N–H and O–H groups in total. The lowest BCUT2D eigenvalue weighted by molar-refractivity contribution is -0.253. The quantitative estimate of drug-likeness (QED) is 0.0642. The number of rotatable bonds is 23. The third-order valence-electron chi connectivity index (χ3n) is 9.01. The third kappa shape index (κ3) is 14.3. The van der Waals surface area contributed by atoms with Crippen LogP contribution in [0.4, 0.5) is 0 Å². The average molecular weight is 665 g/mol. The maximum Gasteiger partial charge on any atom is 0.220 e. The molecule has 2 fully saturated rings. The Balaban J connectivity index is 1.33. The van der Waals surface area contributed by atoms with Gasteiger partial charge in [-0.25, -0.2) is 0 Å². The number of hydrogen-bond donors (Lipinski definition) is 10. The first kappa shape index (κ1) is 40.7. The first-order valence-electron chi connectivity index (χ1n) is 17.3. The number of ether oxygens (including phenoxy) is 2. The second-order valence-electron chi connectivity index (χ2n) is 12.8. The summed E-state index contributed by atoms with van der Waals surface area (Å²) in [4.78, 5) is 24.4. The predicted molar refractivity (Wildman–Crippen MR) is 167 cm³/mol. The van der Waals surface area contributed by atoms with E-state index >= 15 is 0 Å². The Morgan fingerprint density at radius 2 is 0.696 bits per heavy atom. The molecule has 14 heteroatoms. The van der Waals surface area contributed by atoms with Crippen LogP contribution in [0, 0.1) is 0 Å². The van der Waals surface area contributed by atoms with Gasteiger partial charge in [0.15, 0.2) is 12.6 Å². The minimum Gasteiger partial charge on any atom is -0.394 e. The monoisotopic (exact) mass is 664 g/mol. The first-order chi connectivity index (χ1) is 22.1. The van der Waals surface area contributed by atoms with Gasteiger partial charge in [-0.2, -0.15) is 0 Å². The van der Waals surface area contributed by atoms with Gasteiger partial charge < -0.3 is 61.0 Å². The van der Waals surface area contributed by atoms with Crippen LogP contribution in [0.5, 0.6) is 0 Å². The zero-order valence-electron chi connectivity index (χ0n) is 27.1. The number of amides is 2. The smallest absolute Gasteiger partial charge is 0.220 e. The molecule has 2 amide bonds. The summed E-state index contributed by atoms with van der Waals surface area (Å²) in [5.41, 5.74) is 0. The van der Waals surface area contributed by atoms with Crippen LogP contribution in [-0.2, 0) is 19.1 Å². The van der Waals surface area contributed by atoms with Crippen molar-refractivity contribution in [3.63, 3.8) is 0 Å². The van der Waals surface area contributed by atoms with Crippen LogP contribution in [-0.4, -0.2) is 127 Å². The second kappa shape index (κ2) is 23.0. The van der Waals surface area contributed by atoms with E-state index in [1.165, 1.54) is 51.4 Å². The van der Waals surface area contributed by atoms with Gasteiger partial charge in [0.25, 0.3) is 0 Å². The Morgan fingerprint density at radius 3 is 0.957 bits per heavy atom. The van der Waals surface area contributed by atoms with Crippen molar-refractivity contribution in [2.24, 2.45) is 0 Å². The number of nitrogens with one attached hydrogen (secondary N) is 2. The molecular formula is C32H60N2O12. The van der Waals surface area contributed by atoms with E-state index in [1.807, 2.05) is 0 Å². The summed E-state index contributed by atoms with van der Waals surface area (Å²) in [6.07, 6.45) is 6.98. The van der Waals surface area contributed by atoms with Crippen molar-refractivity contribution in [1.82, 2.24) is 10.6 Å². The highest BCUT2D eigenvalue weighted by atomic mass is 16.6. The summed E-state index contributed by atoms with van der Waals surface area (Å²) >= 11 is 0. The highest BCUT2D eigenvalue weighted by Gasteiger charge is 2.45. The molecule has 14 nitrogen and oxygen atoms in total. The topological polar surface area (TPSA) is 238 Å². The molecule has 0 aliphatic carbocycles. The predicted octanol–water partition coefficient (Wildman–Crippen LogP) is -0.160. The molecule has 2 aliphatic heterocycles. The van der Waals surface area contributed by atoms with E-state index < -0.39 is 74.5 Å². The van der Waals surface area contributed by atoms with E-state index in [-0.39, 0.29) is 24.7 Å². The molecule has 2 aliphatic rings. The Bertz CT molecular complexity index is 773. The summed E-state index contributed by atoms with van der Waals surface area (Å²) in [5.74, 6) is -0.642. The summed E-state index contributed by atoms with van der Waals surface area (Å²) in [5, 5.41) is 83.2. The Morgan fingerprint density at radius 1 is 0.435 bits per heavy atom. The fourth-order valence-corrected chi connectivity index (χ4v) is 6.07. The molecule has 0 aromatic carbocycles. The summed E-state index contributed by atoms with van der Waals surface area (Å²) in [7, 11) is 0. The number of carbonyl (C=O) groups excluding carboxylic acids is 2.